The number of benzene rings is 1. The van der Waals surface area contributed by atoms with Crippen molar-refractivity contribution in [3.05, 3.63) is 53.7 Å². The Labute approximate surface area is 143 Å². The maximum absolute atomic E-state index is 11.6. The predicted molar refractivity (Wildman–Crippen MR) is 95.2 cm³/mol. The number of carbonyl (C=O) groups excluding carboxylic acids is 1. The highest BCUT2D eigenvalue weighted by atomic mass is 16.1. The first-order valence-electron chi connectivity index (χ1n) is 8.64. The van der Waals surface area contributed by atoms with Crippen molar-refractivity contribution in [1.82, 2.24) is 15.5 Å². The molecule has 5 heteroatoms. The summed E-state index contributed by atoms with van der Waals surface area (Å²) in [4.78, 5) is 13.9. The first-order chi connectivity index (χ1) is 11.8. The Morgan fingerprint density at radius 1 is 1.21 bits per heavy atom. The summed E-state index contributed by atoms with van der Waals surface area (Å²) in [5.74, 6) is 0.680. The van der Waals surface area contributed by atoms with Gasteiger partial charge in [0.05, 0.1) is 0 Å². The maximum atomic E-state index is 11.6. The molecule has 24 heavy (non-hydrogen) atoms. The van der Waals surface area contributed by atoms with Crippen molar-refractivity contribution in [2.45, 2.75) is 38.1 Å². The van der Waals surface area contributed by atoms with E-state index in [1.54, 1.807) is 13.1 Å². The molecule has 1 aromatic heterocycles. The normalized spacial score (nSPS) is 17.0. The molecule has 1 aromatic carbocycles. The van der Waals surface area contributed by atoms with Crippen LogP contribution in [0.15, 0.2) is 42.5 Å². The highest BCUT2D eigenvalue weighted by Crippen LogP contribution is 2.26. The molecule has 126 valence electrons. The summed E-state index contributed by atoms with van der Waals surface area (Å²) in [6, 6.07) is 14.8. The molecule has 0 radical (unpaired) electrons. The summed E-state index contributed by atoms with van der Waals surface area (Å²) in [6.45, 7) is 1.02. The molecule has 1 N–H and O–H groups in total. The SMILES string of the molecule is CNC(=O)c1ccc(N2CCCC2CCCc2ccccc2)nn1. The van der Waals surface area contributed by atoms with Crippen LogP contribution in [-0.2, 0) is 6.42 Å². The van der Waals surface area contributed by atoms with Crippen molar-refractivity contribution < 1.29 is 4.79 Å². The zero-order valence-corrected chi connectivity index (χ0v) is 14.1. The number of amides is 1. The van der Waals surface area contributed by atoms with E-state index < -0.39 is 0 Å². The molecule has 1 aliphatic rings. The molecule has 0 bridgehead atoms. The van der Waals surface area contributed by atoms with E-state index in [1.807, 2.05) is 6.07 Å². The Morgan fingerprint density at radius 2 is 2.04 bits per heavy atom. The van der Waals surface area contributed by atoms with Gasteiger partial charge in [0.1, 0.15) is 0 Å². The van der Waals surface area contributed by atoms with Crippen LogP contribution < -0.4 is 10.2 Å². The van der Waals surface area contributed by atoms with E-state index in [9.17, 15) is 4.79 Å². The van der Waals surface area contributed by atoms with E-state index >= 15 is 0 Å². The standard InChI is InChI=1S/C19H24N4O/c1-20-19(24)17-12-13-18(22-21-17)23-14-6-11-16(23)10-5-9-15-7-3-2-4-8-15/h2-4,7-8,12-13,16H,5-6,9-11,14H2,1H3,(H,20,24). The van der Waals surface area contributed by atoms with Crippen LogP contribution in [0.25, 0.3) is 0 Å². The minimum Gasteiger partial charge on any atom is -0.354 e. The molecule has 1 atom stereocenters. The largest absolute Gasteiger partial charge is 0.354 e. The first-order valence-corrected chi connectivity index (χ1v) is 8.64. The number of anilines is 1. The molecule has 1 unspecified atom stereocenters. The van der Waals surface area contributed by atoms with Gasteiger partial charge in [-0.3, -0.25) is 4.79 Å². The summed E-state index contributed by atoms with van der Waals surface area (Å²) in [6.07, 6.45) is 5.84. The molecular weight excluding hydrogens is 300 g/mol. The van der Waals surface area contributed by atoms with Crippen molar-refractivity contribution >= 4 is 11.7 Å². The number of nitrogens with one attached hydrogen (secondary N) is 1. The van der Waals surface area contributed by atoms with Gasteiger partial charge in [0, 0.05) is 19.6 Å². The van der Waals surface area contributed by atoms with Gasteiger partial charge >= 0.3 is 0 Å². The van der Waals surface area contributed by atoms with E-state index in [0.717, 1.165) is 25.2 Å². The molecular formula is C19H24N4O. The van der Waals surface area contributed by atoms with Crippen LogP contribution in [0.5, 0.6) is 0 Å². The van der Waals surface area contributed by atoms with Gasteiger partial charge in [-0.05, 0) is 49.8 Å². The van der Waals surface area contributed by atoms with Crippen LogP contribution in [0, 0.1) is 0 Å². The molecule has 2 aromatic rings. The zero-order valence-electron chi connectivity index (χ0n) is 14.1. The van der Waals surface area contributed by atoms with Gasteiger partial charge in [0.15, 0.2) is 11.5 Å². The second-order valence-corrected chi connectivity index (χ2v) is 6.22. The van der Waals surface area contributed by atoms with Crippen molar-refractivity contribution in [2.75, 3.05) is 18.5 Å². The van der Waals surface area contributed by atoms with Gasteiger partial charge in [-0.15, -0.1) is 10.2 Å². The summed E-state index contributed by atoms with van der Waals surface area (Å²) < 4.78 is 0. The van der Waals surface area contributed by atoms with Crippen molar-refractivity contribution in [3.8, 4) is 0 Å². The topological polar surface area (TPSA) is 58.1 Å². The molecule has 1 aliphatic heterocycles. The van der Waals surface area contributed by atoms with Crippen LogP contribution in [0.3, 0.4) is 0 Å². The van der Waals surface area contributed by atoms with Crippen LogP contribution in [-0.4, -0.2) is 35.7 Å². The van der Waals surface area contributed by atoms with Crippen molar-refractivity contribution in [2.24, 2.45) is 0 Å². The third-order valence-corrected chi connectivity index (χ3v) is 4.63. The number of hydrogen-bond acceptors (Lipinski definition) is 4. The Hall–Kier alpha value is -2.43. The van der Waals surface area contributed by atoms with Gasteiger partial charge < -0.3 is 10.2 Å². The number of hydrogen-bond donors (Lipinski definition) is 1. The fourth-order valence-electron chi connectivity index (χ4n) is 3.35. The molecule has 5 nitrogen and oxygen atoms in total. The van der Waals surface area contributed by atoms with E-state index in [-0.39, 0.29) is 5.91 Å². The van der Waals surface area contributed by atoms with E-state index in [1.165, 1.54) is 24.8 Å². The van der Waals surface area contributed by atoms with Gasteiger partial charge in [-0.2, -0.15) is 0 Å². The summed E-state index contributed by atoms with van der Waals surface area (Å²) in [7, 11) is 1.60. The highest BCUT2D eigenvalue weighted by Gasteiger charge is 2.25. The Balaban J connectivity index is 1.57. The molecule has 0 aliphatic carbocycles. The smallest absolute Gasteiger partial charge is 0.271 e. The Bertz CT molecular complexity index is 657. The third-order valence-electron chi connectivity index (χ3n) is 4.63. The fourth-order valence-corrected chi connectivity index (χ4v) is 3.35. The number of carbonyl (C=O) groups is 1. The average Bonchev–Trinajstić information content (AvgIpc) is 3.10. The van der Waals surface area contributed by atoms with E-state index in [2.05, 4.69) is 50.7 Å². The number of rotatable bonds is 6. The summed E-state index contributed by atoms with van der Waals surface area (Å²) in [5.41, 5.74) is 1.76. The summed E-state index contributed by atoms with van der Waals surface area (Å²) >= 11 is 0. The number of aryl methyl sites for hydroxylation is 1. The van der Waals surface area contributed by atoms with Gasteiger partial charge in [0.25, 0.3) is 5.91 Å². The average molecular weight is 324 g/mol. The molecule has 3 rings (SSSR count). The van der Waals surface area contributed by atoms with E-state index in [4.69, 9.17) is 0 Å². The van der Waals surface area contributed by atoms with Gasteiger partial charge in [-0.1, -0.05) is 30.3 Å². The number of aromatic nitrogens is 2. The molecule has 1 amide bonds. The lowest BCUT2D eigenvalue weighted by Crippen LogP contribution is -2.30. The minimum atomic E-state index is -0.199. The minimum absolute atomic E-state index is 0.199. The zero-order chi connectivity index (χ0) is 16.8. The third kappa shape index (κ3) is 3.91. The Kier molecular flexibility index (Phi) is 5.41. The van der Waals surface area contributed by atoms with E-state index in [0.29, 0.717) is 11.7 Å². The first kappa shape index (κ1) is 16.4. The van der Waals surface area contributed by atoms with Crippen molar-refractivity contribution in [3.63, 3.8) is 0 Å². The second kappa shape index (κ2) is 7.90. The summed E-state index contributed by atoms with van der Waals surface area (Å²) in [5, 5.41) is 10.9. The molecule has 0 saturated carbocycles. The maximum Gasteiger partial charge on any atom is 0.271 e. The molecule has 1 fully saturated rings. The highest BCUT2D eigenvalue weighted by molar-refractivity contribution is 5.91. The quantitative estimate of drug-likeness (QED) is 0.888. The predicted octanol–water partition coefficient (Wildman–Crippen LogP) is 2.83. The van der Waals surface area contributed by atoms with Gasteiger partial charge in [-0.25, -0.2) is 0 Å². The number of nitrogens with zero attached hydrogens (tertiary/aromatic N) is 3. The molecule has 2 heterocycles. The fraction of sp³-hybridized carbons (Fsp3) is 0.421. The van der Waals surface area contributed by atoms with Gasteiger partial charge in [0.2, 0.25) is 0 Å². The Morgan fingerprint density at radius 3 is 2.75 bits per heavy atom. The van der Waals surface area contributed by atoms with Crippen LogP contribution in [0.2, 0.25) is 0 Å². The second-order valence-electron chi connectivity index (χ2n) is 6.22. The van der Waals surface area contributed by atoms with Crippen LogP contribution in [0.4, 0.5) is 5.82 Å². The molecule has 1 saturated heterocycles. The molecule has 0 spiro atoms. The lowest BCUT2D eigenvalue weighted by Gasteiger charge is -2.25. The van der Waals surface area contributed by atoms with Crippen molar-refractivity contribution in [1.29, 1.82) is 0 Å². The monoisotopic (exact) mass is 324 g/mol. The lowest BCUT2D eigenvalue weighted by atomic mass is 10.0. The van der Waals surface area contributed by atoms with Crippen LogP contribution >= 0.6 is 0 Å². The van der Waals surface area contributed by atoms with Crippen LogP contribution in [0.1, 0.15) is 41.7 Å². The lowest BCUT2D eigenvalue weighted by molar-refractivity contribution is 0.0957.